The molecule has 128 valence electrons. The topological polar surface area (TPSA) is 92.9 Å². The molecule has 7 nitrogen and oxygen atoms in total. The van der Waals surface area contributed by atoms with Crippen LogP contribution in [-0.2, 0) is 20.5 Å². The largest absolute Gasteiger partial charge is 0.393 e. The summed E-state index contributed by atoms with van der Waals surface area (Å²) in [4.78, 5) is 30.3. The van der Waals surface area contributed by atoms with E-state index < -0.39 is 5.69 Å². The van der Waals surface area contributed by atoms with Crippen LogP contribution in [-0.4, -0.2) is 30.3 Å². The first-order valence-electron chi connectivity index (χ1n) is 8.24. The van der Waals surface area contributed by atoms with E-state index in [0.29, 0.717) is 11.2 Å². The number of hydrogen-bond donors (Lipinski definition) is 2. The minimum atomic E-state index is -0.440. The summed E-state index contributed by atoms with van der Waals surface area (Å²) < 4.78 is 3.15. The van der Waals surface area contributed by atoms with Gasteiger partial charge >= 0.3 is 5.69 Å². The number of aryl methyl sites for hydroxylation is 3. The van der Waals surface area contributed by atoms with E-state index >= 15 is 0 Å². The van der Waals surface area contributed by atoms with Crippen molar-refractivity contribution in [2.24, 2.45) is 14.1 Å². The first-order valence-corrected chi connectivity index (χ1v) is 8.24. The standard InChI is InChI=1S/C16H26N4O3/c1-11(21)9-7-5-4-6-8-10-12-17-14-13(19(12)2)15(22)18-16(23)20(14)3/h11,21H,4-10H2,1-3H3,(H,18,22,23). The second-order valence-corrected chi connectivity index (χ2v) is 6.23. The van der Waals surface area contributed by atoms with Crippen LogP contribution < -0.4 is 11.2 Å². The summed E-state index contributed by atoms with van der Waals surface area (Å²) in [5.41, 5.74) is 0.0555. The van der Waals surface area contributed by atoms with Crippen molar-refractivity contribution in [1.82, 2.24) is 19.1 Å². The smallest absolute Gasteiger partial charge is 0.329 e. The highest BCUT2D eigenvalue weighted by molar-refractivity contribution is 5.70. The molecular formula is C16H26N4O3. The van der Waals surface area contributed by atoms with Gasteiger partial charge in [0.25, 0.3) is 5.56 Å². The molecule has 0 bridgehead atoms. The molecule has 2 aromatic heterocycles. The van der Waals surface area contributed by atoms with E-state index in [1.165, 1.54) is 4.57 Å². The third kappa shape index (κ3) is 4.10. The minimum absolute atomic E-state index is 0.209. The molecule has 0 spiro atoms. The summed E-state index contributed by atoms with van der Waals surface area (Å²) in [6, 6.07) is 0. The van der Waals surface area contributed by atoms with Crippen molar-refractivity contribution in [1.29, 1.82) is 0 Å². The van der Waals surface area contributed by atoms with Crippen molar-refractivity contribution in [2.45, 2.75) is 58.0 Å². The summed E-state index contributed by atoms with van der Waals surface area (Å²) in [5.74, 6) is 0.829. The summed E-state index contributed by atoms with van der Waals surface area (Å²) in [6.07, 6.45) is 6.85. The van der Waals surface area contributed by atoms with Gasteiger partial charge in [-0.1, -0.05) is 25.7 Å². The zero-order valence-electron chi connectivity index (χ0n) is 14.1. The normalized spacial score (nSPS) is 12.9. The van der Waals surface area contributed by atoms with Crippen molar-refractivity contribution in [3.63, 3.8) is 0 Å². The van der Waals surface area contributed by atoms with Crippen molar-refractivity contribution in [3.05, 3.63) is 26.7 Å². The maximum Gasteiger partial charge on any atom is 0.329 e. The van der Waals surface area contributed by atoms with Crippen LogP contribution in [0.5, 0.6) is 0 Å². The van der Waals surface area contributed by atoms with Crippen LogP contribution in [0, 0.1) is 0 Å². The molecule has 0 fully saturated rings. The summed E-state index contributed by atoms with van der Waals surface area (Å²) in [6.45, 7) is 1.82. The number of nitrogens with one attached hydrogen (secondary N) is 1. The number of hydrogen-bond acceptors (Lipinski definition) is 4. The maximum absolute atomic E-state index is 11.9. The Bertz CT molecular complexity index is 770. The lowest BCUT2D eigenvalue weighted by Gasteiger charge is -2.04. The average molecular weight is 322 g/mol. The quantitative estimate of drug-likeness (QED) is 0.715. The number of fused-ring (bicyclic) bond motifs is 1. The maximum atomic E-state index is 11.9. The molecule has 0 amide bonds. The lowest BCUT2D eigenvalue weighted by molar-refractivity contribution is 0.180. The number of aromatic amines is 1. The highest BCUT2D eigenvalue weighted by Gasteiger charge is 2.14. The van der Waals surface area contributed by atoms with Gasteiger partial charge in [0.15, 0.2) is 11.2 Å². The Morgan fingerprint density at radius 1 is 1.09 bits per heavy atom. The van der Waals surface area contributed by atoms with E-state index in [-0.39, 0.29) is 11.7 Å². The van der Waals surface area contributed by atoms with Gasteiger partial charge in [-0.15, -0.1) is 0 Å². The molecular weight excluding hydrogens is 296 g/mol. The number of nitrogens with zero attached hydrogens (tertiary/aromatic N) is 3. The van der Waals surface area contributed by atoms with E-state index in [1.807, 2.05) is 14.0 Å². The lowest BCUT2D eigenvalue weighted by atomic mass is 10.1. The van der Waals surface area contributed by atoms with Gasteiger partial charge in [0.1, 0.15) is 5.82 Å². The molecule has 7 heteroatoms. The Balaban J connectivity index is 1.95. The highest BCUT2D eigenvalue weighted by atomic mass is 16.3. The van der Waals surface area contributed by atoms with E-state index in [0.717, 1.165) is 50.8 Å². The first kappa shape index (κ1) is 17.5. The minimum Gasteiger partial charge on any atom is -0.393 e. The van der Waals surface area contributed by atoms with Crippen LogP contribution in [0.1, 0.15) is 51.3 Å². The molecule has 0 aliphatic heterocycles. The average Bonchev–Trinajstić information content (AvgIpc) is 2.81. The molecule has 0 aliphatic rings. The SMILES string of the molecule is CC(O)CCCCCCCc1nc2c(c(=O)[nH]c(=O)n2C)n1C. The van der Waals surface area contributed by atoms with Crippen LogP contribution >= 0.6 is 0 Å². The molecule has 2 N–H and O–H groups in total. The molecule has 0 radical (unpaired) electrons. The van der Waals surface area contributed by atoms with Crippen LogP contribution in [0.15, 0.2) is 9.59 Å². The van der Waals surface area contributed by atoms with Gasteiger partial charge < -0.3 is 9.67 Å². The Morgan fingerprint density at radius 3 is 2.43 bits per heavy atom. The van der Waals surface area contributed by atoms with Gasteiger partial charge in [-0.2, -0.15) is 0 Å². The molecule has 2 heterocycles. The van der Waals surface area contributed by atoms with Gasteiger partial charge in [0.05, 0.1) is 6.10 Å². The van der Waals surface area contributed by atoms with E-state index in [1.54, 1.807) is 11.6 Å². The Labute approximate surface area is 135 Å². The van der Waals surface area contributed by atoms with Gasteiger partial charge in [0.2, 0.25) is 0 Å². The number of aliphatic hydroxyl groups is 1. The Morgan fingerprint density at radius 2 is 1.74 bits per heavy atom. The number of imidazole rings is 1. The van der Waals surface area contributed by atoms with Crippen LogP contribution in [0.3, 0.4) is 0 Å². The van der Waals surface area contributed by atoms with Crippen molar-refractivity contribution in [3.8, 4) is 0 Å². The summed E-state index contributed by atoms with van der Waals surface area (Å²) in [5, 5.41) is 9.20. The number of H-pyrrole nitrogens is 1. The molecule has 0 saturated carbocycles. The molecule has 2 aromatic rings. The van der Waals surface area contributed by atoms with Gasteiger partial charge in [0, 0.05) is 20.5 Å². The molecule has 1 unspecified atom stereocenters. The monoisotopic (exact) mass is 322 g/mol. The molecule has 0 aromatic carbocycles. The number of aromatic nitrogens is 4. The third-order valence-corrected chi connectivity index (χ3v) is 4.25. The van der Waals surface area contributed by atoms with Crippen molar-refractivity contribution >= 4 is 11.2 Å². The van der Waals surface area contributed by atoms with Crippen molar-refractivity contribution < 1.29 is 5.11 Å². The Kier molecular flexibility index (Phi) is 5.76. The van der Waals surface area contributed by atoms with Crippen LogP contribution in [0.25, 0.3) is 11.2 Å². The van der Waals surface area contributed by atoms with Crippen molar-refractivity contribution in [2.75, 3.05) is 0 Å². The molecule has 1 atom stereocenters. The van der Waals surface area contributed by atoms with E-state index in [9.17, 15) is 14.7 Å². The molecule has 0 aliphatic carbocycles. The Hall–Kier alpha value is -1.89. The van der Waals surface area contributed by atoms with E-state index in [4.69, 9.17) is 0 Å². The van der Waals surface area contributed by atoms with Gasteiger partial charge in [-0.05, 0) is 19.8 Å². The highest BCUT2D eigenvalue weighted by Crippen LogP contribution is 2.13. The summed E-state index contributed by atoms with van der Waals surface area (Å²) in [7, 11) is 3.42. The lowest BCUT2D eigenvalue weighted by Crippen LogP contribution is -2.29. The van der Waals surface area contributed by atoms with Crippen LogP contribution in [0.4, 0.5) is 0 Å². The third-order valence-electron chi connectivity index (χ3n) is 4.25. The fourth-order valence-electron chi connectivity index (χ4n) is 2.83. The fraction of sp³-hybridized carbons (Fsp3) is 0.688. The fourth-order valence-corrected chi connectivity index (χ4v) is 2.83. The van der Waals surface area contributed by atoms with Gasteiger partial charge in [-0.3, -0.25) is 14.3 Å². The molecule has 0 saturated heterocycles. The van der Waals surface area contributed by atoms with Crippen LogP contribution in [0.2, 0.25) is 0 Å². The van der Waals surface area contributed by atoms with Gasteiger partial charge in [-0.25, -0.2) is 9.78 Å². The zero-order chi connectivity index (χ0) is 17.0. The predicted octanol–water partition coefficient (Wildman–Crippen LogP) is 1.22. The first-order chi connectivity index (χ1) is 10.9. The number of aliphatic hydroxyl groups excluding tert-OH is 1. The molecule has 2 rings (SSSR count). The predicted molar refractivity (Wildman–Crippen MR) is 89.7 cm³/mol. The second-order valence-electron chi connectivity index (χ2n) is 6.23. The molecule has 23 heavy (non-hydrogen) atoms. The second kappa shape index (κ2) is 7.59. The number of rotatable bonds is 8. The summed E-state index contributed by atoms with van der Waals surface area (Å²) >= 11 is 0. The van der Waals surface area contributed by atoms with E-state index in [2.05, 4.69) is 9.97 Å². The zero-order valence-corrected chi connectivity index (χ0v) is 14.1. The number of unbranched alkanes of at least 4 members (excludes halogenated alkanes) is 4.